The van der Waals surface area contributed by atoms with Gasteiger partial charge in [0.25, 0.3) is 11.5 Å². The Morgan fingerprint density at radius 1 is 1.15 bits per heavy atom. The Morgan fingerprint density at radius 2 is 1.88 bits per heavy atom. The van der Waals surface area contributed by atoms with Crippen molar-refractivity contribution in [2.75, 3.05) is 5.32 Å². The first-order valence-electron chi connectivity index (χ1n) is 7.82. The zero-order chi connectivity index (χ0) is 18.7. The fraction of sp³-hybridized carbons (Fsp3) is 0.105. The van der Waals surface area contributed by atoms with Crippen molar-refractivity contribution in [2.24, 2.45) is 0 Å². The topological polar surface area (TPSA) is 64.0 Å². The van der Waals surface area contributed by atoms with E-state index >= 15 is 0 Å². The van der Waals surface area contributed by atoms with Crippen LogP contribution in [0.15, 0.2) is 59.4 Å². The minimum absolute atomic E-state index is 0.0865. The summed E-state index contributed by atoms with van der Waals surface area (Å²) in [4.78, 5) is 24.4. The first-order chi connectivity index (χ1) is 12.4. The van der Waals surface area contributed by atoms with Gasteiger partial charge in [-0.2, -0.15) is 5.10 Å². The minimum Gasteiger partial charge on any atom is -0.321 e. The Bertz CT molecular complexity index is 1020. The van der Waals surface area contributed by atoms with Gasteiger partial charge in [-0.05, 0) is 48.4 Å². The molecule has 3 rings (SSSR count). The normalized spacial score (nSPS) is 10.6. The van der Waals surface area contributed by atoms with Crippen LogP contribution in [0.25, 0.3) is 0 Å². The lowest BCUT2D eigenvalue weighted by Gasteiger charge is -2.09. The summed E-state index contributed by atoms with van der Waals surface area (Å²) in [7, 11) is 0. The molecule has 0 spiro atoms. The van der Waals surface area contributed by atoms with Crippen molar-refractivity contribution in [1.82, 2.24) is 9.78 Å². The monoisotopic (exact) mass is 371 g/mol. The summed E-state index contributed by atoms with van der Waals surface area (Å²) in [6.07, 6.45) is 0. The fourth-order valence-corrected chi connectivity index (χ4v) is 2.49. The van der Waals surface area contributed by atoms with Gasteiger partial charge in [-0.1, -0.05) is 29.8 Å². The summed E-state index contributed by atoms with van der Waals surface area (Å²) in [5.41, 5.74) is 1.86. The molecule has 0 saturated heterocycles. The van der Waals surface area contributed by atoms with Crippen LogP contribution in [0.4, 0.5) is 10.1 Å². The number of rotatable bonds is 4. The van der Waals surface area contributed by atoms with E-state index in [1.54, 1.807) is 30.3 Å². The molecule has 3 aromatic rings. The van der Waals surface area contributed by atoms with Gasteiger partial charge in [-0.15, -0.1) is 0 Å². The molecule has 0 aliphatic heterocycles. The number of amides is 1. The fourth-order valence-electron chi connectivity index (χ4n) is 2.31. The van der Waals surface area contributed by atoms with E-state index in [4.69, 9.17) is 11.6 Å². The number of nitrogens with one attached hydrogen (secondary N) is 1. The summed E-state index contributed by atoms with van der Waals surface area (Å²) in [6.45, 7) is 2.00. The lowest BCUT2D eigenvalue weighted by Crippen LogP contribution is -2.26. The predicted octanol–water partition coefficient (Wildman–Crippen LogP) is 3.64. The van der Waals surface area contributed by atoms with E-state index in [-0.39, 0.29) is 23.6 Å². The van der Waals surface area contributed by atoms with Crippen molar-refractivity contribution < 1.29 is 9.18 Å². The molecule has 1 amide bonds. The molecule has 1 heterocycles. The van der Waals surface area contributed by atoms with Gasteiger partial charge in [0.15, 0.2) is 0 Å². The van der Waals surface area contributed by atoms with E-state index < -0.39 is 5.91 Å². The van der Waals surface area contributed by atoms with Gasteiger partial charge in [-0.3, -0.25) is 9.59 Å². The van der Waals surface area contributed by atoms with Crippen LogP contribution < -0.4 is 10.9 Å². The third kappa shape index (κ3) is 4.15. The second-order valence-corrected chi connectivity index (χ2v) is 6.17. The summed E-state index contributed by atoms with van der Waals surface area (Å²) in [5, 5.41) is 7.32. The van der Waals surface area contributed by atoms with E-state index in [0.717, 1.165) is 10.2 Å². The van der Waals surface area contributed by atoms with E-state index in [0.29, 0.717) is 16.3 Å². The van der Waals surface area contributed by atoms with Gasteiger partial charge in [0.05, 0.1) is 6.54 Å². The molecule has 0 aliphatic rings. The molecule has 5 nitrogen and oxygen atoms in total. The molecule has 0 atom stereocenters. The second kappa shape index (κ2) is 7.49. The zero-order valence-electron chi connectivity index (χ0n) is 13.9. The van der Waals surface area contributed by atoms with Crippen molar-refractivity contribution in [3.8, 4) is 0 Å². The van der Waals surface area contributed by atoms with Gasteiger partial charge in [0, 0.05) is 16.8 Å². The maximum Gasteiger partial charge on any atom is 0.276 e. The standard InChI is InChI=1S/C19H15ClFN3O2/c1-12-2-7-15(10-16(12)20)22-19(26)17-8-9-18(25)24(23-17)11-13-3-5-14(21)6-4-13/h2-10H,11H2,1H3,(H,22,26). The first-order valence-corrected chi connectivity index (χ1v) is 8.20. The number of anilines is 1. The molecular formula is C19H15ClFN3O2. The van der Waals surface area contributed by atoms with E-state index in [9.17, 15) is 14.0 Å². The highest BCUT2D eigenvalue weighted by atomic mass is 35.5. The number of hydrogen-bond acceptors (Lipinski definition) is 3. The number of nitrogens with zero attached hydrogens (tertiary/aromatic N) is 2. The SMILES string of the molecule is Cc1ccc(NC(=O)c2ccc(=O)n(Cc3ccc(F)cc3)n2)cc1Cl. The van der Waals surface area contributed by atoms with Gasteiger partial charge in [-0.25, -0.2) is 9.07 Å². The Balaban J connectivity index is 1.81. The number of halogens is 2. The number of hydrogen-bond donors (Lipinski definition) is 1. The van der Waals surface area contributed by atoms with Gasteiger partial charge >= 0.3 is 0 Å². The smallest absolute Gasteiger partial charge is 0.276 e. The molecule has 1 aromatic heterocycles. The van der Waals surface area contributed by atoms with Crippen molar-refractivity contribution in [1.29, 1.82) is 0 Å². The van der Waals surface area contributed by atoms with Crippen molar-refractivity contribution in [3.05, 3.63) is 92.6 Å². The molecule has 0 radical (unpaired) electrons. The quantitative estimate of drug-likeness (QED) is 0.761. The van der Waals surface area contributed by atoms with Crippen LogP contribution >= 0.6 is 11.6 Å². The number of carbonyl (C=O) groups is 1. The van der Waals surface area contributed by atoms with E-state index in [1.165, 1.54) is 24.3 Å². The van der Waals surface area contributed by atoms with E-state index in [2.05, 4.69) is 10.4 Å². The molecule has 0 unspecified atom stereocenters. The van der Waals surface area contributed by atoms with Crippen LogP contribution in [0.2, 0.25) is 5.02 Å². The maximum atomic E-state index is 13.0. The largest absolute Gasteiger partial charge is 0.321 e. The minimum atomic E-state index is -0.460. The Hall–Kier alpha value is -2.99. The molecule has 0 fully saturated rings. The Kier molecular flexibility index (Phi) is 5.14. The number of aryl methyl sites for hydroxylation is 1. The maximum absolute atomic E-state index is 13.0. The average molecular weight is 372 g/mol. The lowest BCUT2D eigenvalue weighted by molar-refractivity contribution is 0.102. The van der Waals surface area contributed by atoms with Crippen LogP contribution in [0.5, 0.6) is 0 Å². The van der Waals surface area contributed by atoms with Crippen molar-refractivity contribution in [2.45, 2.75) is 13.5 Å². The van der Waals surface area contributed by atoms with Crippen LogP contribution in [-0.4, -0.2) is 15.7 Å². The molecule has 0 saturated carbocycles. The van der Waals surface area contributed by atoms with Crippen molar-refractivity contribution >= 4 is 23.2 Å². The molecule has 7 heteroatoms. The highest BCUT2D eigenvalue weighted by Gasteiger charge is 2.11. The summed E-state index contributed by atoms with van der Waals surface area (Å²) >= 11 is 6.05. The number of carbonyl (C=O) groups excluding carboxylic acids is 1. The van der Waals surface area contributed by atoms with Crippen LogP contribution in [-0.2, 0) is 6.54 Å². The highest BCUT2D eigenvalue weighted by Crippen LogP contribution is 2.20. The van der Waals surface area contributed by atoms with Gasteiger partial charge < -0.3 is 5.32 Å². The van der Waals surface area contributed by atoms with E-state index in [1.807, 2.05) is 6.92 Å². The van der Waals surface area contributed by atoms with Crippen LogP contribution in [0.1, 0.15) is 21.6 Å². The number of benzene rings is 2. The molecule has 132 valence electrons. The summed E-state index contributed by atoms with van der Waals surface area (Å²) in [6, 6.07) is 13.5. The molecule has 0 bridgehead atoms. The van der Waals surface area contributed by atoms with Crippen LogP contribution in [0, 0.1) is 12.7 Å². The predicted molar refractivity (Wildman–Crippen MR) is 98.1 cm³/mol. The highest BCUT2D eigenvalue weighted by molar-refractivity contribution is 6.31. The molecule has 2 aromatic carbocycles. The van der Waals surface area contributed by atoms with Crippen LogP contribution in [0.3, 0.4) is 0 Å². The third-order valence-corrected chi connectivity index (χ3v) is 4.18. The second-order valence-electron chi connectivity index (χ2n) is 5.76. The molecule has 26 heavy (non-hydrogen) atoms. The number of aromatic nitrogens is 2. The Labute approximate surface area is 154 Å². The molecular weight excluding hydrogens is 357 g/mol. The average Bonchev–Trinajstić information content (AvgIpc) is 2.62. The zero-order valence-corrected chi connectivity index (χ0v) is 14.6. The molecule has 1 N–H and O–H groups in total. The summed E-state index contributed by atoms with van der Waals surface area (Å²) in [5.74, 6) is -0.822. The van der Waals surface area contributed by atoms with Gasteiger partial charge in [0.1, 0.15) is 11.5 Å². The molecule has 0 aliphatic carbocycles. The lowest BCUT2D eigenvalue weighted by atomic mass is 10.2. The van der Waals surface area contributed by atoms with Crippen molar-refractivity contribution in [3.63, 3.8) is 0 Å². The third-order valence-electron chi connectivity index (χ3n) is 3.77. The van der Waals surface area contributed by atoms with Gasteiger partial charge in [0.2, 0.25) is 0 Å². The first kappa shape index (κ1) is 17.8. The Morgan fingerprint density at radius 3 is 2.58 bits per heavy atom. The summed E-state index contributed by atoms with van der Waals surface area (Å²) < 4.78 is 14.1.